The Balaban J connectivity index is 2.85. The fourth-order valence-corrected chi connectivity index (χ4v) is 1.99. The number of phenols is 2. The van der Waals surface area contributed by atoms with Crippen molar-refractivity contribution in [3.63, 3.8) is 0 Å². The van der Waals surface area contributed by atoms with Crippen LogP contribution in [0.4, 0.5) is 5.69 Å². The highest BCUT2D eigenvalue weighted by molar-refractivity contribution is 6.17. The van der Waals surface area contributed by atoms with E-state index in [1.54, 1.807) is 0 Å². The van der Waals surface area contributed by atoms with Gasteiger partial charge in [0.2, 0.25) is 6.29 Å². The Morgan fingerprint density at radius 2 is 1.71 bits per heavy atom. The first-order chi connectivity index (χ1) is 9.68. The number of nitrogens with two attached hydrogens (primary N) is 1. The van der Waals surface area contributed by atoms with E-state index < -0.39 is 64.0 Å². The number of aromatic carboxylic acids is 1. The first kappa shape index (κ1) is 14.4. The molecule has 10 heteroatoms. The largest absolute Gasteiger partial charge is 0.505 e. The Kier molecular flexibility index (Phi) is 3.10. The summed E-state index contributed by atoms with van der Waals surface area (Å²) in [5.74, 6) is -9.84. The third-order valence-electron chi connectivity index (χ3n) is 2.97. The van der Waals surface area contributed by atoms with Gasteiger partial charge in [-0.3, -0.25) is 9.59 Å². The van der Waals surface area contributed by atoms with Gasteiger partial charge in [-0.2, -0.15) is 0 Å². The number of carboxylic acid groups (broad SMARTS) is 2. The number of carbonyl (C=O) groups is 3. The molecule has 1 aliphatic rings. The van der Waals surface area contributed by atoms with Crippen LogP contribution in [0.25, 0.3) is 0 Å². The predicted molar refractivity (Wildman–Crippen MR) is 63.2 cm³/mol. The number of aliphatic hydroxyl groups is 1. The maximum absolute atomic E-state index is 12.1. The van der Waals surface area contributed by atoms with Crippen LogP contribution < -0.4 is 10.5 Å². The second-order valence-corrected chi connectivity index (χ2v) is 4.18. The Morgan fingerprint density at radius 3 is 2.19 bits per heavy atom. The van der Waals surface area contributed by atoms with Crippen molar-refractivity contribution in [2.45, 2.75) is 6.29 Å². The molecule has 1 aromatic rings. The number of ketones is 1. The number of fused-ring (bicyclic) bond motifs is 1. The van der Waals surface area contributed by atoms with Crippen molar-refractivity contribution < 1.29 is 44.7 Å². The molecule has 0 aromatic heterocycles. The van der Waals surface area contributed by atoms with Crippen LogP contribution in [0.15, 0.2) is 0 Å². The summed E-state index contributed by atoms with van der Waals surface area (Å²) >= 11 is 0. The Bertz CT molecular complexity index is 681. The minimum Gasteiger partial charge on any atom is -0.505 e. The van der Waals surface area contributed by atoms with Crippen LogP contribution in [0.3, 0.4) is 0 Å². The number of ether oxygens (including phenoxy) is 1. The highest BCUT2D eigenvalue weighted by Crippen LogP contribution is 2.48. The summed E-state index contributed by atoms with van der Waals surface area (Å²) in [4.78, 5) is 34.2. The van der Waals surface area contributed by atoms with Gasteiger partial charge in [0.05, 0.1) is 5.56 Å². The molecule has 1 aliphatic heterocycles. The van der Waals surface area contributed by atoms with Gasteiger partial charge < -0.3 is 36.0 Å². The van der Waals surface area contributed by atoms with Gasteiger partial charge in [0, 0.05) is 0 Å². The zero-order valence-electron chi connectivity index (χ0n) is 10.1. The zero-order valence-corrected chi connectivity index (χ0v) is 10.1. The average Bonchev–Trinajstić information content (AvgIpc) is 2.37. The van der Waals surface area contributed by atoms with Crippen molar-refractivity contribution in [3.8, 4) is 17.2 Å². The SMILES string of the molecule is Nc1c(O)c2c(c(C(=O)O)c1O)C(=O)C(C(=O)O)C(O)O2. The molecule has 1 aromatic carbocycles. The number of anilines is 1. The molecule has 112 valence electrons. The molecule has 2 unspecified atom stereocenters. The molecule has 0 spiro atoms. The number of hydrogen-bond donors (Lipinski definition) is 6. The first-order valence-electron chi connectivity index (χ1n) is 5.40. The average molecular weight is 299 g/mol. The fourth-order valence-electron chi connectivity index (χ4n) is 1.99. The highest BCUT2D eigenvalue weighted by atomic mass is 16.6. The number of hydrogen-bond acceptors (Lipinski definition) is 8. The van der Waals surface area contributed by atoms with E-state index in [2.05, 4.69) is 4.74 Å². The standard InChI is InChI=1S/C11H9NO9/c12-4-6(14)2(9(16)17)1-5(13)3(10(18)19)11(20)21-8(1)7(4)15/h3,11,14-15,20H,12H2,(H,16,17)(H,18,19). The van der Waals surface area contributed by atoms with E-state index >= 15 is 0 Å². The smallest absolute Gasteiger partial charge is 0.340 e. The van der Waals surface area contributed by atoms with Gasteiger partial charge in [0.25, 0.3) is 0 Å². The van der Waals surface area contributed by atoms with Gasteiger partial charge in [0.15, 0.2) is 28.9 Å². The van der Waals surface area contributed by atoms with Gasteiger partial charge in [-0.25, -0.2) is 4.79 Å². The number of aromatic hydroxyl groups is 2. The van der Waals surface area contributed by atoms with Crippen LogP contribution in [-0.2, 0) is 4.79 Å². The lowest BCUT2D eigenvalue weighted by Crippen LogP contribution is -2.43. The third kappa shape index (κ3) is 1.89. The van der Waals surface area contributed by atoms with Crippen molar-refractivity contribution in [2.75, 3.05) is 5.73 Å². The summed E-state index contributed by atoms with van der Waals surface area (Å²) in [7, 11) is 0. The van der Waals surface area contributed by atoms with Crippen LogP contribution in [0.5, 0.6) is 17.2 Å². The summed E-state index contributed by atoms with van der Waals surface area (Å²) < 4.78 is 4.68. The maximum atomic E-state index is 12.1. The van der Waals surface area contributed by atoms with E-state index in [1.807, 2.05) is 0 Å². The van der Waals surface area contributed by atoms with E-state index in [-0.39, 0.29) is 0 Å². The minimum absolute atomic E-state index is 0.778. The quantitative estimate of drug-likeness (QED) is 0.224. The summed E-state index contributed by atoms with van der Waals surface area (Å²) in [6.07, 6.45) is -2.14. The number of aliphatic carboxylic acids is 1. The van der Waals surface area contributed by atoms with E-state index in [1.165, 1.54) is 0 Å². The van der Waals surface area contributed by atoms with Crippen LogP contribution in [0, 0.1) is 5.92 Å². The topological polar surface area (TPSA) is 188 Å². The Morgan fingerprint density at radius 1 is 1.14 bits per heavy atom. The number of carboxylic acids is 2. The number of phenolic OH excluding ortho intramolecular Hbond substituents is 1. The highest BCUT2D eigenvalue weighted by Gasteiger charge is 2.46. The lowest BCUT2D eigenvalue weighted by molar-refractivity contribution is -0.151. The molecule has 0 amide bonds. The van der Waals surface area contributed by atoms with E-state index in [4.69, 9.17) is 15.9 Å². The molecule has 21 heavy (non-hydrogen) atoms. The Labute approximate surface area is 115 Å². The molecule has 0 fully saturated rings. The molecule has 2 atom stereocenters. The first-order valence-corrected chi connectivity index (χ1v) is 5.40. The summed E-state index contributed by atoms with van der Waals surface area (Å²) in [6, 6.07) is 0. The van der Waals surface area contributed by atoms with Crippen molar-refractivity contribution in [3.05, 3.63) is 11.1 Å². The van der Waals surface area contributed by atoms with Gasteiger partial charge in [-0.05, 0) is 0 Å². The van der Waals surface area contributed by atoms with Crippen LogP contribution >= 0.6 is 0 Å². The van der Waals surface area contributed by atoms with Gasteiger partial charge in [-0.1, -0.05) is 0 Å². The lowest BCUT2D eigenvalue weighted by atomic mass is 9.89. The Hall–Kier alpha value is -3.01. The molecule has 0 saturated carbocycles. The minimum atomic E-state index is -2.14. The monoisotopic (exact) mass is 299 g/mol. The molecule has 0 bridgehead atoms. The van der Waals surface area contributed by atoms with Crippen molar-refractivity contribution >= 4 is 23.4 Å². The molecule has 10 nitrogen and oxygen atoms in total. The van der Waals surface area contributed by atoms with Crippen molar-refractivity contribution in [2.24, 2.45) is 5.92 Å². The number of carbonyl (C=O) groups excluding carboxylic acids is 1. The van der Waals surface area contributed by atoms with Crippen molar-refractivity contribution in [1.82, 2.24) is 0 Å². The lowest BCUT2D eigenvalue weighted by Gasteiger charge is -2.28. The predicted octanol–water partition coefficient (Wildman–Crippen LogP) is -1.03. The van der Waals surface area contributed by atoms with Gasteiger partial charge in [-0.15, -0.1) is 0 Å². The number of Topliss-reactive ketones (excluding diaryl/α,β-unsaturated/α-hetero) is 1. The van der Waals surface area contributed by atoms with Gasteiger partial charge >= 0.3 is 11.9 Å². The summed E-state index contributed by atoms with van der Waals surface area (Å²) in [5, 5.41) is 46.7. The molecule has 2 rings (SSSR count). The normalized spacial score (nSPS) is 20.5. The van der Waals surface area contributed by atoms with Crippen molar-refractivity contribution in [1.29, 1.82) is 0 Å². The van der Waals surface area contributed by atoms with Gasteiger partial charge in [0.1, 0.15) is 11.3 Å². The zero-order chi connectivity index (χ0) is 16.1. The maximum Gasteiger partial charge on any atom is 0.340 e. The van der Waals surface area contributed by atoms with Crippen LogP contribution in [0.1, 0.15) is 20.7 Å². The number of benzene rings is 1. The van der Waals surface area contributed by atoms with Crippen LogP contribution in [-0.4, -0.2) is 49.5 Å². The summed E-state index contributed by atoms with van der Waals surface area (Å²) in [6.45, 7) is 0. The molecule has 0 radical (unpaired) electrons. The van der Waals surface area contributed by atoms with Crippen LogP contribution in [0.2, 0.25) is 0 Å². The fraction of sp³-hybridized carbons (Fsp3) is 0.182. The second-order valence-electron chi connectivity index (χ2n) is 4.18. The molecule has 1 heterocycles. The molecule has 7 N–H and O–H groups in total. The number of nitrogen functional groups attached to an aromatic ring is 1. The summed E-state index contributed by atoms with van der Waals surface area (Å²) in [5.41, 5.74) is 2.62. The molecule has 0 aliphatic carbocycles. The van der Waals surface area contributed by atoms with E-state index in [0.29, 0.717) is 0 Å². The molecular weight excluding hydrogens is 290 g/mol. The second kappa shape index (κ2) is 4.52. The molecule has 0 saturated heterocycles. The third-order valence-corrected chi connectivity index (χ3v) is 2.97. The van der Waals surface area contributed by atoms with E-state index in [0.717, 1.165) is 0 Å². The molecular formula is C11H9NO9. The number of aliphatic hydroxyl groups excluding tert-OH is 1. The van der Waals surface area contributed by atoms with E-state index in [9.17, 15) is 29.7 Å². The number of rotatable bonds is 2.